The van der Waals surface area contributed by atoms with Gasteiger partial charge in [-0.25, -0.2) is 4.98 Å². The van der Waals surface area contributed by atoms with Crippen LogP contribution in [0.2, 0.25) is 5.02 Å². The molecule has 0 saturated carbocycles. The van der Waals surface area contributed by atoms with Gasteiger partial charge in [-0.2, -0.15) is 0 Å². The second kappa shape index (κ2) is 9.57. The zero-order valence-corrected chi connectivity index (χ0v) is 21.1. The number of aliphatic hydroxyl groups excluding tert-OH is 1. The molecule has 5 aromatic rings. The summed E-state index contributed by atoms with van der Waals surface area (Å²) in [4.78, 5) is 8.44. The van der Waals surface area contributed by atoms with Crippen LogP contribution in [0.4, 0.5) is 0 Å². The molecule has 0 spiro atoms. The van der Waals surface area contributed by atoms with Crippen LogP contribution in [0.25, 0.3) is 44.5 Å². The molecule has 0 bridgehead atoms. The molecule has 2 aromatic heterocycles. The van der Waals surface area contributed by atoms with Crippen LogP contribution >= 0.6 is 11.6 Å². The Morgan fingerprint density at radius 1 is 0.789 bits per heavy atom. The van der Waals surface area contributed by atoms with Crippen LogP contribution in [0, 0.1) is 0 Å². The van der Waals surface area contributed by atoms with Gasteiger partial charge in [0.25, 0.3) is 0 Å². The molecule has 0 radical (unpaired) electrons. The number of hydrogen-bond acceptors (Lipinski definition) is 5. The lowest BCUT2D eigenvalue weighted by molar-refractivity contribution is 0.00805. The molecule has 2 fully saturated rings. The van der Waals surface area contributed by atoms with Gasteiger partial charge in [0.05, 0.1) is 35.0 Å². The van der Waals surface area contributed by atoms with Crippen LogP contribution in [0.5, 0.6) is 5.88 Å². The van der Waals surface area contributed by atoms with Gasteiger partial charge in [0.2, 0.25) is 5.88 Å². The van der Waals surface area contributed by atoms with Gasteiger partial charge >= 0.3 is 0 Å². The fraction of sp³-hybridized carbons (Fsp3) is 0.194. The monoisotopic (exact) mass is 524 g/mol. The second-order valence-electron chi connectivity index (χ2n) is 9.67. The van der Waals surface area contributed by atoms with Crippen molar-refractivity contribution in [2.45, 2.75) is 24.4 Å². The Hall–Kier alpha value is -3.68. The fourth-order valence-electron chi connectivity index (χ4n) is 5.38. The van der Waals surface area contributed by atoms with E-state index in [9.17, 15) is 5.11 Å². The maximum absolute atomic E-state index is 10.1. The highest BCUT2D eigenvalue weighted by atomic mass is 35.5. The first-order valence-electron chi connectivity index (χ1n) is 12.7. The SMILES string of the molecule is OC1COC2C(Oc3[nH]c4cc(Cl)c(-c5ccc(-c6ccccc6)cc5)nc4c3-c3ccccc3)COC12. The molecule has 2 aliphatic heterocycles. The Kier molecular flexibility index (Phi) is 5.90. The minimum Gasteiger partial charge on any atom is -0.470 e. The minimum atomic E-state index is -0.638. The quantitative estimate of drug-likeness (QED) is 0.289. The van der Waals surface area contributed by atoms with Crippen LogP contribution < -0.4 is 4.74 Å². The summed E-state index contributed by atoms with van der Waals surface area (Å²) in [5.41, 5.74) is 7.28. The van der Waals surface area contributed by atoms with Crippen LogP contribution in [-0.2, 0) is 9.47 Å². The van der Waals surface area contributed by atoms with Crippen LogP contribution in [0.15, 0.2) is 91.0 Å². The summed E-state index contributed by atoms with van der Waals surface area (Å²) in [5.74, 6) is 0.575. The van der Waals surface area contributed by atoms with E-state index in [0.717, 1.165) is 38.9 Å². The summed E-state index contributed by atoms with van der Waals surface area (Å²) in [6.07, 6.45) is -1.69. The topological polar surface area (TPSA) is 76.6 Å². The molecule has 190 valence electrons. The van der Waals surface area contributed by atoms with Gasteiger partial charge in [0.15, 0.2) is 6.10 Å². The standard InChI is InChI=1S/C31H25ClN2O4/c32-22-15-23-28(34-27(22)21-13-11-19(12-14-21)18-7-3-1-4-8-18)26(20-9-5-2-6-10-20)31(33-23)38-25-17-37-29-24(35)16-36-30(25)29/h1-15,24-25,29-30,33,35H,16-17H2. The van der Waals surface area contributed by atoms with Gasteiger partial charge in [-0.1, -0.05) is 96.5 Å². The van der Waals surface area contributed by atoms with Crippen molar-refractivity contribution in [1.82, 2.24) is 9.97 Å². The van der Waals surface area contributed by atoms with Crippen LogP contribution in [0.3, 0.4) is 0 Å². The van der Waals surface area contributed by atoms with Gasteiger partial charge in [0, 0.05) is 5.56 Å². The molecule has 7 rings (SSSR count). The zero-order chi connectivity index (χ0) is 25.6. The number of nitrogens with one attached hydrogen (secondary N) is 1. The lowest BCUT2D eigenvalue weighted by atomic mass is 10.0. The second-order valence-corrected chi connectivity index (χ2v) is 10.1. The normalized spacial score (nSPS) is 22.6. The lowest BCUT2D eigenvalue weighted by Crippen LogP contribution is -2.34. The van der Waals surface area contributed by atoms with Crippen LogP contribution in [0.1, 0.15) is 0 Å². The number of fused-ring (bicyclic) bond motifs is 2. The summed E-state index contributed by atoms with van der Waals surface area (Å²) >= 11 is 6.77. The molecule has 0 amide bonds. The third kappa shape index (κ3) is 4.06. The Bertz CT molecular complexity index is 1590. The maximum Gasteiger partial charge on any atom is 0.202 e. The van der Waals surface area contributed by atoms with Crippen molar-refractivity contribution < 1.29 is 19.3 Å². The first-order chi connectivity index (χ1) is 18.7. The van der Waals surface area contributed by atoms with E-state index in [4.69, 9.17) is 30.8 Å². The Morgan fingerprint density at radius 3 is 2.16 bits per heavy atom. The van der Waals surface area contributed by atoms with Gasteiger partial charge < -0.3 is 24.3 Å². The highest BCUT2D eigenvalue weighted by Crippen LogP contribution is 2.41. The predicted octanol–water partition coefficient (Wildman–Crippen LogP) is 6.12. The van der Waals surface area contributed by atoms with E-state index in [1.807, 2.05) is 66.7 Å². The molecule has 2 saturated heterocycles. The number of rotatable bonds is 5. The van der Waals surface area contributed by atoms with Crippen molar-refractivity contribution in [2.24, 2.45) is 0 Å². The number of H-pyrrole nitrogens is 1. The molecule has 4 heterocycles. The molecule has 38 heavy (non-hydrogen) atoms. The van der Waals surface area contributed by atoms with E-state index in [1.54, 1.807) is 0 Å². The highest BCUT2D eigenvalue weighted by Gasteiger charge is 2.48. The predicted molar refractivity (Wildman–Crippen MR) is 147 cm³/mol. The Morgan fingerprint density at radius 2 is 1.42 bits per heavy atom. The number of nitrogens with zero attached hydrogens (tertiary/aromatic N) is 1. The van der Waals surface area contributed by atoms with E-state index in [2.05, 4.69) is 29.2 Å². The smallest absolute Gasteiger partial charge is 0.202 e. The summed E-state index contributed by atoms with van der Waals surface area (Å²) < 4.78 is 18.0. The van der Waals surface area contributed by atoms with Crippen molar-refractivity contribution in [2.75, 3.05) is 13.2 Å². The number of aromatic amines is 1. The molecular weight excluding hydrogens is 500 g/mol. The number of pyridine rings is 1. The summed E-state index contributed by atoms with van der Waals surface area (Å²) in [5, 5.41) is 10.7. The lowest BCUT2D eigenvalue weighted by Gasteiger charge is -2.18. The van der Waals surface area contributed by atoms with Crippen molar-refractivity contribution in [3.8, 4) is 39.4 Å². The molecule has 6 nitrogen and oxygen atoms in total. The number of halogens is 1. The van der Waals surface area contributed by atoms with E-state index in [0.29, 0.717) is 23.2 Å². The van der Waals surface area contributed by atoms with Gasteiger partial charge in [-0.3, -0.25) is 0 Å². The van der Waals surface area contributed by atoms with Crippen molar-refractivity contribution in [3.05, 3.63) is 96.0 Å². The van der Waals surface area contributed by atoms with E-state index >= 15 is 0 Å². The maximum atomic E-state index is 10.1. The van der Waals surface area contributed by atoms with E-state index in [1.165, 1.54) is 0 Å². The largest absolute Gasteiger partial charge is 0.470 e. The van der Waals surface area contributed by atoms with E-state index < -0.39 is 6.10 Å². The van der Waals surface area contributed by atoms with Crippen molar-refractivity contribution in [3.63, 3.8) is 0 Å². The van der Waals surface area contributed by atoms with E-state index in [-0.39, 0.29) is 24.9 Å². The Balaban J connectivity index is 1.30. The average Bonchev–Trinajstić information content (AvgIpc) is 3.64. The molecule has 7 heteroatoms. The number of benzene rings is 3. The molecule has 4 unspecified atom stereocenters. The fourth-order valence-corrected chi connectivity index (χ4v) is 5.64. The first kappa shape index (κ1) is 23.4. The first-order valence-corrected chi connectivity index (χ1v) is 13.0. The van der Waals surface area contributed by atoms with Crippen LogP contribution in [-0.4, -0.2) is 52.7 Å². The van der Waals surface area contributed by atoms with Gasteiger partial charge in [0.1, 0.15) is 23.8 Å². The molecule has 3 aromatic carbocycles. The minimum absolute atomic E-state index is 0.247. The third-order valence-electron chi connectivity index (χ3n) is 7.27. The summed E-state index contributed by atoms with van der Waals surface area (Å²) in [6, 6.07) is 30.4. The van der Waals surface area contributed by atoms with Gasteiger partial charge in [-0.15, -0.1) is 0 Å². The Labute approximate surface area is 224 Å². The van der Waals surface area contributed by atoms with Gasteiger partial charge in [-0.05, 0) is 22.8 Å². The molecule has 4 atom stereocenters. The molecule has 0 aliphatic carbocycles. The molecular formula is C31H25ClN2O4. The average molecular weight is 525 g/mol. The zero-order valence-electron chi connectivity index (χ0n) is 20.4. The number of ether oxygens (including phenoxy) is 3. The number of aliphatic hydroxyl groups is 1. The van der Waals surface area contributed by atoms with Crippen molar-refractivity contribution >= 4 is 22.6 Å². The number of aromatic nitrogens is 2. The number of hydrogen-bond donors (Lipinski definition) is 2. The summed E-state index contributed by atoms with van der Waals surface area (Å²) in [7, 11) is 0. The van der Waals surface area contributed by atoms with Crippen molar-refractivity contribution in [1.29, 1.82) is 0 Å². The molecule has 2 N–H and O–H groups in total. The molecule has 2 aliphatic rings. The summed E-state index contributed by atoms with van der Waals surface area (Å²) in [6.45, 7) is 0.584. The highest BCUT2D eigenvalue weighted by molar-refractivity contribution is 6.33. The third-order valence-corrected chi connectivity index (χ3v) is 7.56.